The molecule has 1 saturated heterocycles. The molecule has 2 saturated carbocycles. The number of pyridine rings is 1. The highest BCUT2D eigenvalue weighted by molar-refractivity contribution is 5.90. The lowest BCUT2D eigenvalue weighted by molar-refractivity contribution is -0.295. The summed E-state index contributed by atoms with van der Waals surface area (Å²) < 4.78 is 25.1. The number of aliphatic hydroxyl groups is 1. The molecule has 9 heteroatoms. The van der Waals surface area contributed by atoms with Crippen LogP contribution in [0.2, 0.25) is 0 Å². The van der Waals surface area contributed by atoms with Crippen molar-refractivity contribution in [3.8, 4) is 0 Å². The van der Waals surface area contributed by atoms with Crippen LogP contribution in [0.4, 0.5) is 0 Å². The number of fused-ring (bicyclic) bond motifs is 1. The largest absolute Gasteiger partial charge is 0.462 e. The van der Waals surface area contributed by atoms with Crippen LogP contribution in [0.15, 0.2) is 54.9 Å². The third-order valence-corrected chi connectivity index (χ3v) is 9.04. The Hall–Kier alpha value is -3.30. The molecule has 1 spiro atoms. The van der Waals surface area contributed by atoms with Crippen LogP contribution in [0.25, 0.3) is 0 Å². The summed E-state index contributed by atoms with van der Waals surface area (Å²) in [4.78, 5) is 43.0. The van der Waals surface area contributed by atoms with Gasteiger partial charge in [0.1, 0.15) is 30.0 Å². The second-order valence-electron chi connectivity index (χ2n) is 11.6. The first-order chi connectivity index (χ1) is 18.4. The Morgan fingerprint density at radius 3 is 2.21 bits per heavy atom. The summed E-state index contributed by atoms with van der Waals surface area (Å²) >= 11 is 0. The molecule has 208 valence electrons. The highest BCUT2D eigenvalue weighted by Crippen LogP contribution is 2.67. The van der Waals surface area contributed by atoms with Gasteiger partial charge >= 0.3 is 17.9 Å². The van der Waals surface area contributed by atoms with E-state index in [0.717, 1.165) is 0 Å². The maximum atomic E-state index is 13.4. The van der Waals surface area contributed by atoms with Crippen LogP contribution in [-0.2, 0) is 23.7 Å². The van der Waals surface area contributed by atoms with E-state index >= 15 is 0 Å². The molecule has 1 aromatic carbocycles. The minimum atomic E-state index is -1.29. The second kappa shape index (κ2) is 9.71. The van der Waals surface area contributed by atoms with E-state index in [2.05, 4.69) is 4.98 Å². The number of esters is 3. The van der Waals surface area contributed by atoms with Gasteiger partial charge in [-0.2, -0.15) is 0 Å². The number of hydrogen-bond donors (Lipinski definition) is 1. The monoisotopic (exact) mass is 537 g/mol. The molecule has 0 amide bonds. The lowest BCUT2D eigenvalue weighted by atomic mass is 9.48. The van der Waals surface area contributed by atoms with Crippen LogP contribution in [0.1, 0.15) is 68.2 Å². The zero-order chi connectivity index (χ0) is 28.2. The first-order valence-corrected chi connectivity index (χ1v) is 13.4. The van der Waals surface area contributed by atoms with Crippen molar-refractivity contribution in [1.29, 1.82) is 0 Å². The van der Waals surface area contributed by atoms with Crippen molar-refractivity contribution in [3.05, 3.63) is 66.0 Å². The van der Waals surface area contributed by atoms with Crippen LogP contribution in [0, 0.1) is 17.3 Å². The molecule has 39 heavy (non-hydrogen) atoms. The topological polar surface area (TPSA) is 121 Å². The number of benzene rings is 1. The fraction of sp³-hybridized carbons (Fsp3) is 0.533. The zero-order valence-electron chi connectivity index (χ0n) is 22.8. The highest BCUT2D eigenvalue weighted by atomic mass is 16.6. The van der Waals surface area contributed by atoms with Crippen molar-refractivity contribution >= 4 is 17.9 Å². The van der Waals surface area contributed by atoms with Crippen LogP contribution >= 0.6 is 0 Å². The van der Waals surface area contributed by atoms with Crippen LogP contribution in [0.5, 0.6) is 0 Å². The van der Waals surface area contributed by atoms with Gasteiger partial charge in [0.25, 0.3) is 0 Å². The summed E-state index contributed by atoms with van der Waals surface area (Å²) in [5, 5.41) is 12.0. The summed E-state index contributed by atoms with van der Waals surface area (Å²) in [5.41, 5.74) is -2.87. The minimum Gasteiger partial charge on any atom is -0.462 e. The van der Waals surface area contributed by atoms with Gasteiger partial charge in [0.05, 0.1) is 28.1 Å². The van der Waals surface area contributed by atoms with Gasteiger partial charge in [-0.25, -0.2) is 9.59 Å². The fourth-order valence-corrected chi connectivity index (χ4v) is 7.39. The molecule has 2 aromatic rings. The zero-order valence-corrected chi connectivity index (χ0v) is 22.8. The van der Waals surface area contributed by atoms with Gasteiger partial charge in [0.2, 0.25) is 0 Å². The van der Waals surface area contributed by atoms with E-state index in [1.807, 2.05) is 27.7 Å². The third-order valence-electron chi connectivity index (χ3n) is 9.04. The van der Waals surface area contributed by atoms with Crippen molar-refractivity contribution < 1.29 is 38.4 Å². The van der Waals surface area contributed by atoms with Crippen LogP contribution in [0.3, 0.4) is 0 Å². The van der Waals surface area contributed by atoms with Gasteiger partial charge in [-0.05, 0) is 63.8 Å². The Labute approximate surface area is 227 Å². The van der Waals surface area contributed by atoms with Gasteiger partial charge in [0.15, 0.2) is 0 Å². The molecule has 1 N–H and O–H groups in total. The van der Waals surface area contributed by atoms with E-state index in [-0.39, 0.29) is 11.5 Å². The Morgan fingerprint density at radius 2 is 1.56 bits per heavy atom. The number of aromatic nitrogens is 1. The summed E-state index contributed by atoms with van der Waals surface area (Å²) in [7, 11) is 0. The maximum Gasteiger partial charge on any atom is 0.340 e. The van der Waals surface area contributed by atoms with E-state index < -0.39 is 64.9 Å². The smallest absolute Gasteiger partial charge is 0.340 e. The number of rotatable bonds is 5. The molecule has 1 aliphatic heterocycles. The molecule has 2 bridgehead atoms. The van der Waals surface area contributed by atoms with E-state index in [1.54, 1.807) is 48.7 Å². The predicted octanol–water partition coefficient (Wildman–Crippen LogP) is 3.74. The van der Waals surface area contributed by atoms with Gasteiger partial charge in [0, 0.05) is 19.3 Å². The summed E-state index contributed by atoms with van der Waals surface area (Å²) in [5.74, 6) is -2.65. The quantitative estimate of drug-likeness (QED) is 0.449. The lowest BCUT2D eigenvalue weighted by Crippen LogP contribution is -2.76. The van der Waals surface area contributed by atoms with E-state index in [1.165, 1.54) is 13.1 Å². The molecule has 2 aliphatic carbocycles. The number of nitrogens with zero attached hydrogens (tertiary/aromatic N) is 1. The molecule has 8 atom stereocenters. The first-order valence-electron chi connectivity index (χ1n) is 13.4. The van der Waals surface area contributed by atoms with Crippen molar-refractivity contribution in [2.45, 2.75) is 83.1 Å². The Kier molecular flexibility index (Phi) is 6.79. The van der Waals surface area contributed by atoms with Crippen molar-refractivity contribution in [1.82, 2.24) is 4.98 Å². The van der Waals surface area contributed by atoms with Crippen molar-refractivity contribution in [2.24, 2.45) is 17.3 Å². The molecule has 5 rings (SSSR count). The van der Waals surface area contributed by atoms with Crippen molar-refractivity contribution in [2.75, 3.05) is 0 Å². The molecular formula is C30H35NO8. The number of carbonyl (C=O) groups excluding carboxylic acids is 3. The molecule has 2 heterocycles. The molecule has 1 aromatic heterocycles. The Balaban J connectivity index is 1.65. The third kappa shape index (κ3) is 4.14. The van der Waals surface area contributed by atoms with E-state index in [4.69, 9.17) is 18.9 Å². The van der Waals surface area contributed by atoms with Crippen molar-refractivity contribution in [3.63, 3.8) is 0 Å². The SMILES string of the molecule is CC(=O)O[C@@H]1CC[C@H](C)[C@@]23OC(C)(C)[C@@H]([C@H](O)[C@H](OC(=O)c4cccnc4)[C@]12C)[C@H]3OC(=O)c1ccccc1. The number of hydrogen-bond acceptors (Lipinski definition) is 9. The van der Waals surface area contributed by atoms with E-state index in [0.29, 0.717) is 18.4 Å². The highest BCUT2D eigenvalue weighted by Gasteiger charge is 2.81. The predicted molar refractivity (Wildman–Crippen MR) is 139 cm³/mol. The summed E-state index contributed by atoms with van der Waals surface area (Å²) in [6.07, 6.45) is -0.0987. The summed E-state index contributed by atoms with van der Waals surface area (Å²) in [6.45, 7) is 8.81. The maximum absolute atomic E-state index is 13.4. The average Bonchev–Trinajstić information content (AvgIpc) is 3.12. The first kappa shape index (κ1) is 27.3. The van der Waals surface area contributed by atoms with E-state index in [9.17, 15) is 19.5 Å². The van der Waals surface area contributed by atoms with Crippen LogP contribution < -0.4 is 0 Å². The van der Waals surface area contributed by atoms with Gasteiger partial charge in [-0.3, -0.25) is 9.78 Å². The molecular weight excluding hydrogens is 502 g/mol. The summed E-state index contributed by atoms with van der Waals surface area (Å²) in [6, 6.07) is 11.8. The Bertz CT molecular complexity index is 1250. The molecule has 0 radical (unpaired) electrons. The standard InChI is InChI=1S/C30H35NO8/c1-17-13-14-21(36-18(2)32)29(5)25(38-27(35)20-12-9-15-31-16-20)23(33)22-24(30(17,29)39-28(22,3)4)37-26(34)19-10-7-6-8-11-19/h6-12,15-17,21-25,33H,13-14H2,1-5H3/t17-,21+,22-,23-,24+,25-,29-,30-/m0/s1. The fourth-order valence-electron chi connectivity index (χ4n) is 7.39. The molecule has 9 nitrogen and oxygen atoms in total. The van der Waals surface area contributed by atoms with Crippen LogP contribution in [-0.4, -0.2) is 63.6 Å². The van der Waals surface area contributed by atoms with Gasteiger partial charge in [-0.1, -0.05) is 25.1 Å². The molecule has 0 unspecified atom stereocenters. The normalized spacial score (nSPS) is 36.4. The Morgan fingerprint density at radius 1 is 0.923 bits per heavy atom. The number of aliphatic hydroxyl groups excluding tert-OH is 1. The van der Waals surface area contributed by atoms with Gasteiger partial charge in [-0.15, -0.1) is 0 Å². The molecule has 3 aliphatic rings. The minimum absolute atomic E-state index is 0.195. The average molecular weight is 538 g/mol. The number of ether oxygens (including phenoxy) is 4. The van der Waals surface area contributed by atoms with Gasteiger partial charge < -0.3 is 24.1 Å². The molecule has 3 fully saturated rings. The lowest BCUT2D eigenvalue weighted by Gasteiger charge is -2.62. The number of carbonyl (C=O) groups is 3. The second-order valence-corrected chi connectivity index (χ2v) is 11.6.